The molecule has 6 nitrogen and oxygen atoms in total. The zero-order valence-electron chi connectivity index (χ0n) is 31.6. The molecule has 1 aliphatic carbocycles. The Morgan fingerprint density at radius 1 is 0.661 bits per heavy atom. The molecule has 0 N–H and O–H groups in total. The van der Waals surface area contributed by atoms with Crippen molar-refractivity contribution in [2.75, 3.05) is 14.1 Å². The van der Waals surface area contributed by atoms with E-state index in [0.29, 0.717) is 33.0 Å². The minimum atomic E-state index is -2.81. The molecule has 0 unspecified atom stereocenters. The maximum absolute atomic E-state index is 14.9. The van der Waals surface area contributed by atoms with E-state index in [-0.39, 0.29) is 11.1 Å². The van der Waals surface area contributed by atoms with Gasteiger partial charge in [0.2, 0.25) is 0 Å². The van der Waals surface area contributed by atoms with Crippen molar-refractivity contribution in [1.82, 2.24) is 9.80 Å². The number of allylic oxidation sites excluding steroid dienone is 7. The molecule has 1 saturated carbocycles. The Kier molecular flexibility index (Phi) is 9.90. The summed E-state index contributed by atoms with van der Waals surface area (Å²) in [4.78, 5) is 59.7. The summed E-state index contributed by atoms with van der Waals surface area (Å²) in [5.41, 5.74) is 5.39. The molecule has 0 spiro atoms. The topological polar surface area (TPSA) is 74.8 Å². The predicted molar refractivity (Wildman–Crippen MR) is 223 cm³/mol. The van der Waals surface area contributed by atoms with Gasteiger partial charge >= 0.3 is 339 Å². The minimum absolute atomic E-state index is 0.281. The van der Waals surface area contributed by atoms with Crippen molar-refractivity contribution in [3.63, 3.8) is 0 Å². The van der Waals surface area contributed by atoms with Crippen LogP contribution >= 0.6 is 7.26 Å². The zero-order chi connectivity index (χ0) is 39.3. The van der Waals surface area contributed by atoms with Gasteiger partial charge in [-0.2, -0.15) is 0 Å². The van der Waals surface area contributed by atoms with Crippen LogP contribution in [0.2, 0.25) is 0 Å². The van der Waals surface area contributed by atoms with E-state index in [2.05, 4.69) is 96.2 Å². The van der Waals surface area contributed by atoms with E-state index in [4.69, 9.17) is 0 Å². The van der Waals surface area contributed by atoms with Crippen molar-refractivity contribution >= 4 is 69.2 Å². The Hall–Kier alpha value is -5.55. The van der Waals surface area contributed by atoms with E-state index in [0.717, 1.165) is 61.4 Å². The molecule has 3 aliphatic rings. The zero-order valence-corrected chi connectivity index (χ0v) is 35.0. The second-order valence-electron chi connectivity index (χ2n) is 14.2. The molecule has 0 atom stereocenters. The first-order valence-electron chi connectivity index (χ1n) is 18.7. The number of hydrogen-bond donors (Lipinski definition) is 0. The summed E-state index contributed by atoms with van der Waals surface area (Å²) in [6.07, 6.45) is 10.7. The van der Waals surface area contributed by atoms with Crippen LogP contribution in [0.1, 0.15) is 85.7 Å². The molecule has 8 rings (SSSR count). The number of carbonyl (C=O) groups is 4. The summed E-state index contributed by atoms with van der Waals surface area (Å²) < 4.78 is 3.77. The van der Waals surface area contributed by atoms with Crippen LogP contribution in [0.15, 0.2) is 138 Å². The predicted octanol–water partition coefficient (Wildman–Crippen LogP) is 8.59. The van der Waals surface area contributed by atoms with Crippen molar-refractivity contribution in [1.29, 1.82) is 0 Å². The Morgan fingerprint density at radius 3 is 1.64 bits per heavy atom. The van der Waals surface area contributed by atoms with Crippen molar-refractivity contribution in [2.45, 2.75) is 33.1 Å². The normalized spacial score (nSPS) is 17.4. The number of carbonyl (C=O) groups excluding carboxylic acids is 4. The monoisotopic (exact) mass is 930 g/mol. The third kappa shape index (κ3) is 5.61. The molecule has 8 heteroatoms. The maximum atomic E-state index is 14.9. The number of amides is 4. The van der Waals surface area contributed by atoms with Crippen LogP contribution in [0.3, 0.4) is 0 Å². The second-order valence-corrected chi connectivity index (χ2v) is 18.2. The molecular formula is C48H39N2O4OsP+. The number of benzene rings is 5. The fourth-order valence-electron chi connectivity index (χ4n) is 8.66. The SMILES string of the molecule is CC=C1CCCC1=CC(=C([C]#[Os])[P+](c1ccccc1)(c1ccccc1)c1ccccc1)c1cc2c3c(c(/C=C/C)cc4c3c1C(=O)N(C)C4=O)C(=O)N(C)C2=O. The summed E-state index contributed by atoms with van der Waals surface area (Å²) in [5, 5.41) is 4.92. The summed E-state index contributed by atoms with van der Waals surface area (Å²) in [5.74, 6) is -1.92. The van der Waals surface area contributed by atoms with Crippen LogP contribution in [-0.2, 0) is 17.9 Å². The van der Waals surface area contributed by atoms with Gasteiger partial charge in [0, 0.05) is 0 Å². The average molecular weight is 929 g/mol. The first kappa shape index (κ1) is 37.4. The average Bonchev–Trinajstić information content (AvgIpc) is 3.70. The molecular weight excluding hydrogens is 890 g/mol. The van der Waals surface area contributed by atoms with E-state index >= 15 is 0 Å². The van der Waals surface area contributed by atoms with Gasteiger partial charge in [0.15, 0.2) is 0 Å². The van der Waals surface area contributed by atoms with Gasteiger partial charge in [0.05, 0.1) is 0 Å². The summed E-state index contributed by atoms with van der Waals surface area (Å²) in [7, 11) is 0.178. The molecule has 0 aromatic heterocycles. The first-order chi connectivity index (χ1) is 27.2. The Bertz CT molecular complexity index is 2590. The van der Waals surface area contributed by atoms with Crippen LogP contribution in [-0.4, -0.2) is 47.5 Å². The molecule has 56 heavy (non-hydrogen) atoms. The van der Waals surface area contributed by atoms with Crippen LogP contribution < -0.4 is 15.9 Å². The van der Waals surface area contributed by atoms with E-state index in [1.165, 1.54) is 19.7 Å². The Morgan fingerprint density at radius 2 is 1.14 bits per heavy atom. The van der Waals surface area contributed by atoms with E-state index < -0.39 is 30.9 Å². The molecule has 2 aliphatic heterocycles. The third-order valence-electron chi connectivity index (χ3n) is 11.3. The summed E-state index contributed by atoms with van der Waals surface area (Å²) in [6.45, 7) is 3.90. The Balaban J connectivity index is 1.66. The quantitative estimate of drug-likeness (QED) is 0.121. The molecule has 4 amide bonds. The van der Waals surface area contributed by atoms with Gasteiger partial charge in [0.25, 0.3) is 0 Å². The molecule has 5 aromatic rings. The van der Waals surface area contributed by atoms with Crippen molar-refractivity contribution in [3.05, 3.63) is 171 Å². The van der Waals surface area contributed by atoms with E-state index in [1.54, 1.807) is 36.2 Å². The van der Waals surface area contributed by atoms with Gasteiger partial charge in [-0.25, -0.2) is 0 Å². The molecule has 0 saturated heterocycles. The number of nitrogens with zero attached hydrogens (tertiary/aromatic N) is 2. The van der Waals surface area contributed by atoms with Crippen LogP contribution in [0.5, 0.6) is 0 Å². The molecule has 1 fully saturated rings. The van der Waals surface area contributed by atoms with Crippen molar-refractivity contribution < 1.29 is 37.1 Å². The number of rotatable bonds is 7. The molecule has 5 aromatic carbocycles. The number of hydrogen-bond acceptors (Lipinski definition) is 4. The Labute approximate surface area is 337 Å². The van der Waals surface area contributed by atoms with Gasteiger partial charge in [-0.05, 0) is 0 Å². The molecule has 2 heterocycles. The third-order valence-corrected chi connectivity index (χ3v) is 16.6. The van der Waals surface area contributed by atoms with Crippen LogP contribution in [0.4, 0.5) is 0 Å². The first-order valence-corrected chi connectivity index (χ1v) is 21.7. The summed E-state index contributed by atoms with van der Waals surface area (Å²) in [6, 6.07) is 35.0. The second kappa shape index (κ2) is 14.8. The fourth-order valence-corrected chi connectivity index (χ4v) is 14.5. The van der Waals surface area contributed by atoms with Gasteiger partial charge in [-0.1, -0.05) is 0 Å². The fraction of sp³-hybridized carbons (Fsp3) is 0.146. The van der Waals surface area contributed by atoms with Crippen LogP contribution in [0, 0.1) is 4.37 Å². The molecule has 0 radical (unpaired) electrons. The van der Waals surface area contributed by atoms with Gasteiger partial charge in [-0.15, -0.1) is 0 Å². The molecule has 0 bridgehead atoms. The summed E-state index contributed by atoms with van der Waals surface area (Å²) >= 11 is 1.66. The van der Waals surface area contributed by atoms with E-state index in [9.17, 15) is 19.2 Å². The van der Waals surface area contributed by atoms with E-state index in [1.807, 2.05) is 31.2 Å². The number of imide groups is 2. The molecule has 277 valence electrons. The van der Waals surface area contributed by atoms with Crippen LogP contribution in [0.25, 0.3) is 22.4 Å². The van der Waals surface area contributed by atoms with Crippen molar-refractivity contribution in [3.8, 4) is 4.37 Å². The van der Waals surface area contributed by atoms with Gasteiger partial charge in [-0.3, -0.25) is 0 Å². The standard InChI is InChI=1S/C48H39N2O4P.Os/c1-6-18-33-28-39-43-42-40(46(52)49(4)47(53)41(33)42)29-38(44(43)48(54)50(5)45(39)51)37(27-32-20-17-19-31(32)7-2)30(3)55(34-21-11-8-12-22-34,35-23-13-9-14-24-35)36-25-15-10-16-26-36;/h6-16,18,21-29H,17,19-20H2,1-2,4-5H3;/q+1;/b18-6+,31-7?,32-27?,37-30?;. The van der Waals surface area contributed by atoms with Gasteiger partial charge in [0.1, 0.15) is 0 Å². The van der Waals surface area contributed by atoms with Gasteiger partial charge < -0.3 is 0 Å². The van der Waals surface area contributed by atoms with Crippen molar-refractivity contribution in [2.24, 2.45) is 0 Å².